The first-order chi connectivity index (χ1) is 6.89. The van der Waals surface area contributed by atoms with Gasteiger partial charge in [-0.2, -0.15) is 0 Å². The van der Waals surface area contributed by atoms with E-state index in [0.717, 1.165) is 0 Å². The number of benzene rings is 1. The first-order valence-corrected chi connectivity index (χ1v) is 6.59. The molecule has 1 aliphatic rings. The molecule has 0 heterocycles. The Labute approximate surface area is 101 Å². The minimum Gasteiger partial charge on any atom is -0.0838 e. The fourth-order valence-electron chi connectivity index (χ4n) is 2.33. The standard InChI is InChI=1S/C14H19Br/c1-9-7-13(15)12-8-10(14(2,3)4)5-6-11(9)12/h5-6,8-9,13H,7H2,1-4H3. The number of fused-ring (bicyclic) bond motifs is 1. The molecule has 0 saturated heterocycles. The average Bonchev–Trinajstić information content (AvgIpc) is 2.41. The Morgan fingerprint density at radius 2 is 1.87 bits per heavy atom. The van der Waals surface area contributed by atoms with E-state index >= 15 is 0 Å². The maximum absolute atomic E-state index is 3.78. The Kier molecular flexibility index (Phi) is 2.70. The van der Waals surface area contributed by atoms with Crippen molar-refractivity contribution in [1.82, 2.24) is 0 Å². The third-order valence-corrected chi connectivity index (χ3v) is 4.25. The van der Waals surface area contributed by atoms with Crippen LogP contribution in [0, 0.1) is 0 Å². The lowest BCUT2D eigenvalue weighted by molar-refractivity contribution is 0.589. The quantitative estimate of drug-likeness (QED) is 0.585. The van der Waals surface area contributed by atoms with Crippen molar-refractivity contribution in [3.63, 3.8) is 0 Å². The van der Waals surface area contributed by atoms with E-state index in [4.69, 9.17) is 0 Å². The summed E-state index contributed by atoms with van der Waals surface area (Å²) in [4.78, 5) is 0.560. The van der Waals surface area contributed by atoms with E-state index in [9.17, 15) is 0 Å². The molecule has 82 valence electrons. The maximum Gasteiger partial charge on any atom is 0.0404 e. The van der Waals surface area contributed by atoms with Crippen LogP contribution in [0.4, 0.5) is 0 Å². The third kappa shape index (κ3) is 1.99. The van der Waals surface area contributed by atoms with Gasteiger partial charge in [0.05, 0.1) is 0 Å². The molecular weight excluding hydrogens is 248 g/mol. The van der Waals surface area contributed by atoms with Crippen molar-refractivity contribution < 1.29 is 0 Å². The van der Waals surface area contributed by atoms with Gasteiger partial charge >= 0.3 is 0 Å². The van der Waals surface area contributed by atoms with Crippen LogP contribution >= 0.6 is 15.9 Å². The van der Waals surface area contributed by atoms with Gasteiger partial charge in [0.15, 0.2) is 0 Å². The summed E-state index contributed by atoms with van der Waals surface area (Å²) in [6.45, 7) is 9.14. The molecule has 0 amide bonds. The van der Waals surface area contributed by atoms with Gasteiger partial charge in [0.25, 0.3) is 0 Å². The molecule has 1 heteroatoms. The summed E-state index contributed by atoms with van der Waals surface area (Å²) in [5.74, 6) is 0.707. The number of halogens is 1. The summed E-state index contributed by atoms with van der Waals surface area (Å²) in [5.41, 5.74) is 4.74. The van der Waals surface area contributed by atoms with Gasteiger partial charge in [-0.3, -0.25) is 0 Å². The first-order valence-electron chi connectivity index (χ1n) is 5.68. The molecule has 0 nitrogen and oxygen atoms in total. The van der Waals surface area contributed by atoms with Crippen molar-refractivity contribution in [3.8, 4) is 0 Å². The van der Waals surface area contributed by atoms with E-state index < -0.39 is 0 Å². The molecule has 1 aromatic rings. The number of hydrogen-bond acceptors (Lipinski definition) is 0. The van der Waals surface area contributed by atoms with Crippen LogP contribution in [0.15, 0.2) is 18.2 Å². The summed E-state index contributed by atoms with van der Waals surface area (Å²) in [7, 11) is 0. The molecular formula is C14H19Br. The highest BCUT2D eigenvalue weighted by Gasteiger charge is 2.27. The summed E-state index contributed by atoms with van der Waals surface area (Å²) in [5, 5.41) is 0. The zero-order valence-corrected chi connectivity index (χ0v) is 11.6. The molecule has 0 saturated carbocycles. The molecule has 0 bridgehead atoms. The minimum atomic E-state index is 0.258. The van der Waals surface area contributed by atoms with Crippen LogP contribution in [-0.2, 0) is 5.41 Å². The van der Waals surface area contributed by atoms with Crippen molar-refractivity contribution in [1.29, 1.82) is 0 Å². The minimum absolute atomic E-state index is 0.258. The zero-order valence-electron chi connectivity index (χ0n) is 9.97. The zero-order chi connectivity index (χ0) is 11.2. The molecule has 1 aromatic carbocycles. The summed E-state index contributed by atoms with van der Waals surface area (Å²) < 4.78 is 0. The number of rotatable bonds is 0. The van der Waals surface area contributed by atoms with Gasteiger partial charge in [-0.25, -0.2) is 0 Å². The van der Waals surface area contributed by atoms with Crippen LogP contribution in [0.2, 0.25) is 0 Å². The second kappa shape index (κ2) is 3.62. The first kappa shape index (κ1) is 11.2. The second-order valence-corrected chi connectivity index (χ2v) is 6.80. The number of hydrogen-bond donors (Lipinski definition) is 0. The molecule has 2 atom stereocenters. The third-order valence-electron chi connectivity index (χ3n) is 3.38. The lowest BCUT2D eigenvalue weighted by Crippen LogP contribution is -2.11. The molecule has 0 N–H and O–H groups in total. The van der Waals surface area contributed by atoms with E-state index in [1.54, 1.807) is 0 Å². The highest BCUT2D eigenvalue weighted by atomic mass is 79.9. The van der Waals surface area contributed by atoms with Crippen LogP contribution in [0.3, 0.4) is 0 Å². The topological polar surface area (TPSA) is 0 Å². The second-order valence-electron chi connectivity index (χ2n) is 5.70. The van der Waals surface area contributed by atoms with Crippen LogP contribution in [0.25, 0.3) is 0 Å². The largest absolute Gasteiger partial charge is 0.0838 e. The van der Waals surface area contributed by atoms with Gasteiger partial charge < -0.3 is 0 Å². The Hall–Kier alpha value is -0.300. The predicted octanol–water partition coefficient (Wildman–Crippen LogP) is 4.93. The van der Waals surface area contributed by atoms with E-state index in [0.29, 0.717) is 10.7 Å². The fourth-order valence-corrected chi connectivity index (χ4v) is 3.28. The molecule has 0 aromatic heterocycles. The molecule has 0 fully saturated rings. The lowest BCUT2D eigenvalue weighted by atomic mass is 9.85. The van der Waals surface area contributed by atoms with Gasteiger partial charge in [0, 0.05) is 4.83 Å². The monoisotopic (exact) mass is 266 g/mol. The van der Waals surface area contributed by atoms with Crippen molar-refractivity contribution in [2.24, 2.45) is 0 Å². The molecule has 0 radical (unpaired) electrons. The Morgan fingerprint density at radius 1 is 1.20 bits per heavy atom. The van der Waals surface area contributed by atoms with Crippen molar-refractivity contribution in [3.05, 3.63) is 34.9 Å². The highest BCUT2D eigenvalue weighted by Crippen LogP contribution is 2.45. The van der Waals surface area contributed by atoms with Gasteiger partial charge in [0.2, 0.25) is 0 Å². The van der Waals surface area contributed by atoms with Crippen molar-refractivity contribution >= 4 is 15.9 Å². The van der Waals surface area contributed by atoms with Crippen LogP contribution < -0.4 is 0 Å². The lowest BCUT2D eigenvalue weighted by Gasteiger charge is -2.20. The SMILES string of the molecule is CC1CC(Br)c2cc(C(C)(C)C)ccc21. The van der Waals surface area contributed by atoms with Crippen LogP contribution in [0.1, 0.15) is 61.6 Å². The Balaban J connectivity index is 2.48. The fraction of sp³-hybridized carbons (Fsp3) is 0.571. The average molecular weight is 267 g/mol. The van der Waals surface area contributed by atoms with E-state index in [-0.39, 0.29) is 5.41 Å². The molecule has 2 unspecified atom stereocenters. The van der Waals surface area contributed by atoms with E-state index in [2.05, 4.69) is 61.8 Å². The maximum atomic E-state index is 3.78. The summed E-state index contributed by atoms with van der Waals surface area (Å²) in [6, 6.07) is 7.00. The smallest absolute Gasteiger partial charge is 0.0404 e. The molecule has 15 heavy (non-hydrogen) atoms. The van der Waals surface area contributed by atoms with E-state index in [1.165, 1.54) is 23.1 Å². The normalized spacial score (nSPS) is 25.4. The Morgan fingerprint density at radius 3 is 2.47 bits per heavy atom. The number of alkyl halides is 1. The van der Waals surface area contributed by atoms with Gasteiger partial charge in [-0.1, -0.05) is 61.8 Å². The molecule has 0 spiro atoms. The van der Waals surface area contributed by atoms with E-state index in [1.807, 2.05) is 0 Å². The molecule has 1 aliphatic carbocycles. The summed E-state index contributed by atoms with van der Waals surface area (Å²) >= 11 is 3.78. The van der Waals surface area contributed by atoms with Crippen molar-refractivity contribution in [2.45, 2.75) is 50.3 Å². The van der Waals surface area contributed by atoms with Crippen LogP contribution in [-0.4, -0.2) is 0 Å². The predicted molar refractivity (Wildman–Crippen MR) is 69.8 cm³/mol. The Bertz CT molecular complexity index is 373. The van der Waals surface area contributed by atoms with Crippen LogP contribution in [0.5, 0.6) is 0 Å². The summed E-state index contributed by atoms with van der Waals surface area (Å²) in [6.07, 6.45) is 1.24. The van der Waals surface area contributed by atoms with Gasteiger partial charge in [0.1, 0.15) is 0 Å². The van der Waals surface area contributed by atoms with Gasteiger partial charge in [-0.05, 0) is 34.4 Å². The van der Waals surface area contributed by atoms with Gasteiger partial charge in [-0.15, -0.1) is 0 Å². The molecule has 2 rings (SSSR count). The van der Waals surface area contributed by atoms with Crippen molar-refractivity contribution in [2.75, 3.05) is 0 Å². The molecule has 0 aliphatic heterocycles. The highest BCUT2D eigenvalue weighted by molar-refractivity contribution is 9.09.